The van der Waals surface area contributed by atoms with Gasteiger partial charge in [0.25, 0.3) is 11.8 Å². The largest absolute Gasteiger partial charge is 0.436 e. The second-order valence-corrected chi connectivity index (χ2v) is 13.0. The molecule has 4 aromatic carbocycles. The summed E-state index contributed by atoms with van der Waals surface area (Å²) in [5.74, 6) is -2.24. The van der Waals surface area contributed by atoms with Gasteiger partial charge in [-0.2, -0.15) is 0 Å². The van der Waals surface area contributed by atoms with Gasteiger partial charge < -0.3 is 36.0 Å². The van der Waals surface area contributed by atoms with Gasteiger partial charge >= 0.3 is 6.09 Å². The highest BCUT2D eigenvalue weighted by Crippen LogP contribution is 2.29. The van der Waals surface area contributed by atoms with Gasteiger partial charge in [-0.05, 0) is 46.7 Å². The molecule has 53 heavy (non-hydrogen) atoms. The van der Waals surface area contributed by atoms with Crippen LogP contribution in [0.3, 0.4) is 0 Å². The minimum Gasteiger partial charge on any atom is -0.436 e. The number of carbonyl (C=O) groups excluding carboxylic acids is 3. The molecule has 288 valence electrons. The van der Waals surface area contributed by atoms with Crippen LogP contribution in [0, 0.1) is 5.92 Å². The number of nitrogens with one attached hydrogen (secondary N) is 3. The van der Waals surface area contributed by atoms with Crippen LogP contribution in [-0.2, 0) is 27.3 Å². The fourth-order valence-corrected chi connectivity index (χ4v) is 5.64. The number of halogens is 2. The topological polar surface area (TPSA) is 157 Å². The molecule has 0 bridgehead atoms. The van der Waals surface area contributed by atoms with E-state index in [1.165, 1.54) is 6.07 Å². The predicted molar refractivity (Wildman–Crippen MR) is 211 cm³/mol. The van der Waals surface area contributed by atoms with Gasteiger partial charge in [-0.3, -0.25) is 9.59 Å². The highest BCUT2D eigenvalue weighted by atomic mass is 35.5. The van der Waals surface area contributed by atoms with Gasteiger partial charge in [0.1, 0.15) is 12.2 Å². The molecule has 0 saturated carbocycles. The fourth-order valence-electron chi connectivity index (χ4n) is 5.32. The summed E-state index contributed by atoms with van der Waals surface area (Å²) in [6.07, 6.45) is -7.33. The van der Waals surface area contributed by atoms with Crippen molar-refractivity contribution in [2.75, 3.05) is 0 Å². The molecule has 6 N–H and O–H groups in total. The molecule has 4 aromatic rings. The van der Waals surface area contributed by atoms with Crippen molar-refractivity contribution >= 4 is 41.1 Å². The summed E-state index contributed by atoms with van der Waals surface area (Å²) in [7, 11) is 0. The molecule has 0 radical (unpaired) electrons. The summed E-state index contributed by atoms with van der Waals surface area (Å²) in [6.45, 7) is 3.54. The van der Waals surface area contributed by atoms with Gasteiger partial charge in [0.2, 0.25) is 0 Å². The number of hydrogen-bond acceptors (Lipinski definition) is 7. The van der Waals surface area contributed by atoms with Crippen molar-refractivity contribution < 1.29 is 34.4 Å². The molecule has 6 unspecified atom stereocenters. The van der Waals surface area contributed by atoms with Crippen molar-refractivity contribution in [3.8, 4) is 0 Å². The zero-order valence-electron chi connectivity index (χ0n) is 27.6. The fraction of sp³-hybridized carbons (Fsp3) is 0.341. The maximum Gasteiger partial charge on any atom is 0.408 e. The molecule has 0 heterocycles. The zero-order valence-corrected chi connectivity index (χ0v) is 29.1. The van der Waals surface area contributed by atoms with Gasteiger partial charge in [-0.1, -0.05) is 156 Å². The van der Waals surface area contributed by atoms with E-state index in [0.29, 0.717) is 16.7 Å². The van der Waals surface area contributed by atoms with E-state index in [1.807, 2.05) is 30.3 Å². The van der Waals surface area contributed by atoms with Crippen LogP contribution in [-0.4, -0.2) is 57.6 Å². The molecule has 0 aliphatic carbocycles. The van der Waals surface area contributed by atoms with Crippen LogP contribution in [0.1, 0.15) is 70.5 Å². The third-order valence-electron chi connectivity index (χ3n) is 8.06. The molecule has 4 rings (SSSR count). The van der Waals surface area contributed by atoms with Crippen molar-refractivity contribution in [1.82, 2.24) is 16.0 Å². The van der Waals surface area contributed by atoms with Crippen molar-refractivity contribution in [1.29, 1.82) is 0 Å². The Balaban J connectivity index is 0.00000468. The molecule has 0 fully saturated rings. The van der Waals surface area contributed by atoms with E-state index in [0.717, 1.165) is 5.56 Å². The van der Waals surface area contributed by atoms with Crippen molar-refractivity contribution in [3.63, 3.8) is 0 Å². The maximum atomic E-state index is 13.6. The standard InChI is InChI=1S/C38H41Cl2N3O7.3CH4/c1-23(2)35(50-38(49)41-22-24-12-6-3-7-13-24)37(48)42-30(21-25-18-19-28(39)29(40)20-25)33(45)34(46)36(47)43-31(26-14-8-4-9-15-26)32(44)27-16-10-5-11-17-27;;;/h3-20,23,30-35,44-46H,21-22H2,1-2H3,(H,41,49)(H,42,48)(H,43,47);3*1H4. The van der Waals surface area contributed by atoms with Crippen LogP contribution >= 0.6 is 23.2 Å². The summed E-state index contributed by atoms with van der Waals surface area (Å²) < 4.78 is 5.49. The van der Waals surface area contributed by atoms with Crippen LogP contribution in [0.4, 0.5) is 4.79 Å². The quantitative estimate of drug-likeness (QED) is 0.0747. The number of aliphatic hydroxyl groups is 3. The molecule has 0 aliphatic rings. The lowest BCUT2D eigenvalue weighted by Gasteiger charge is -2.31. The monoisotopic (exact) mass is 769 g/mol. The number of aliphatic hydroxyl groups excluding tert-OH is 3. The summed E-state index contributed by atoms with van der Waals surface area (Å²) in [6, 6.07) is 29.0. The summed E-state index contributed by atoms with van der Waals surface area (Å²) >= 11 is 12.3. The lowest BCUT2D eigenvalue weighted by molar-refractivity contribution is -0.141. The lowest BCUT2D eigenvalue weighted by atomic mass is 9.94. The van der Waals surface area contributed by atoms with E-state index in [9.17, 15) is 29.7 Å². The van der Waals surface area contributed by atoms with Crippen LogP contribution in [0.25, 0.3) is 0 Å². The molecule has 0 aliphatic heterocycles. The van der Waals surface area contributed by atoms with Gasteiger partial charge in [0, 0.05) is 6.54 Å². The first kappa shape index (κ1) is 46.6. The predicted octanol–water partition coefficient (Wildman–Crippen LogP) is 7.19. The molecule has 6 atom stereocenters. The van der Waals surface area contributed by atoms with Gasteiger partial charge in [-0.25, -0.2) is 4.79 Å². The molecule has 3 amide bonds. The summed E-state index contributed by atoms with van der Waals surface area (Å²) in [4.78, 5) is 39.9. The number of ether oxygens (including phenoxy) is 1. The van der Waals surface area contributed by atoms with Gasteiger partial charge in [0.15, 0.2) is 12.2 Å². The number of rotatable bonds is 15. The van der Waals surface area contributed by atoms with E-state index in [2.05, 4.69) is 16.0 Å². The molecular weight excluding hydrogens is 717 g/mol. The summed E-state index contributed by atoms with van der Waals surface area (Å²) in [5.41, 5.74) is 2.44. The first-order valence-corrected chi connectivity index (χ1v) is 16.9. The number of carbonyl (C=O) groups is 3. The minimum absolute atomic E-state index is 0. The molecule has 12 heteroatoms. The maximum absolute atomic E-state index is 13.6. The average molecular weight is 771 g/mol. The first-order chi connectivity index (χ1) is 23.9. The van der Waals surface area contributed by atoms with E-state index >= 15 is 0 Å². The van der Waals surface area contributed by atoms with E-state index in [4.69, 9.17) is 27.9 Å². The number of benzene rings is 4. The van der Waals surface area contributed by atoms with Crippen LogP contribution in [0.15, 0.2) is 109 Å². The highest BCUT2D eigenvalue weighted by Gasteiger charge is 2.37. The molecule has 10 nitrogen and oxygen atoms in total. The minimum atomic E-state index is -2.06. The SMILES string of the molecule is C.C.C.CC(C)C(OC(=O)NCc1ccccc1)C(=O)NC(Cc1ccc(Cl)c(Cl)c1)C(O)C(O)C(=O)NC(c1ccccc1)C(O)c1ccccc1. The Labute approximate surface area is 323 Å². The molecular formula is C41H53Cl2N3O7. The number of alkyl carbamates (subject to hydrolysis) is 1. The lowest BCUT2D eigenvalue weighted by Crippen LogP contribution is -2.57. The molecule has 0 saturated heterocycles. The second kappa shape index (κ2) is 22.6. The summed E-state index contributed by atoms with van der Waals surface area (Å²) in [5, 5.41) is 42.4. The molecule has 0 spiro atoms. The Bertz CT molecular complexity index is 1700. The van der Waals surface area contributed by atoms with Crippen molar-refractivity contribution in [2.24, 2.45) is 5.92 Å². The molecule has 0 aromatic heterocycles. The third kappa shape index (κ3) is 13.5. The normalized spacial score (nSPS) is 14.0. The Morgan fingerprint density at radius 1 is 0.679 bits per heavy atom. The van der Waals surface area contributed by atoms with Crippen molar-refractivity contribution in [3.05, 3.63) is 141 Å². The Kier molecular flexibility index (Phi) is 19.8. The third-order valence-corrected chi connectivity index (χ3v) is 8.80. The Hall–Kier alpha value is -4.45. The highest BCUT2D eigenvalue weighted by molar-refractivity contribution is 6.42. The first-order valence-electron chi connectivity index (χ1n) is 16.1. The van der Waals surface area contributed by atoms with Crippen molar-refractivity contribution in [2.45, 2.75) is 85.6 Å². The van der Waals surface area contributed by atoms with Crippen LogP contribution in [0.5, 0.6) is 0 Å². The van der Waals surface area contributed by atoms with E-state index < -0.39 is 60.3 Å². The smallest absolute Gasteiger partial charge is 0.408 e. The second-order valence-electron chi connectivity index (χ2n) is 12.2. The zero-order chi connectivity index (χ0) is 36.2. The Morgan fingerprint density at radius 2 is 1.23 bits per heavy atom. The number of hydrogen-bond donors (Lipinski definition) is 6. The van der Waals surface area contributed by atoms with Gasteiger partial charge in [-0.15, -0.1) is 0 Å². The van der Waals surface area contributed by atoms with Crippen LogP contribution < -0.4 is 16.0 Å². The average Bonchev–Trinajstić information content (AvgIpc) is 3.13. The van der Waals surface area contributed by atoms with Gasteiger partial charge in [0.05, 0.1) is 22.1 Å². The van der Waals surface area contributed by atoms with E-state index in [1.54, 1.807) is 86.6 Å². The van der Waals surface area contributed by atoms with E-state index in [-0.39, 0.29) is 45.3 Å². The number of amides is 3. The Morgan fingerprint density at radius 3 is 1.77 bits per heavy atom. The van der Waals surface area contributed by atoms with Crippen LogP contribution in [0.2, 0.25) is 10.0 Å².